The summed E-state index contributed by atoms with van der Waals surface area (Å²) in [4.78, 5) is 12.3. The summed E-state index contributed by atoms with van der Waals surface area (Å²) >= 11 is 0. The number of carbonyl (C=O) groups is 1. The quantitative estimate of drug-likeness (QED) is 0.771. The van der Waals surface area contributed by atoms with Crippen LogP contribution < -0.4 is 5.32 Å². The van der Waals surface area contributed by atoms with Crippen molar-refractivity contribution in [3.8, 4) is 0 Å². The maximum Gasteiger partial charge on any atom is 0.251 e. The van der Waals surface area contributed by atoms with Crippen LogP contribution in [-0.4, -0.2) is 31.7 Å². The Kier molecular flexibility index (Phi) is 6.94. The molecule has 0 aliphatic carbocycles. The Morgan fingerprint density at radius 2 is 1.65 bits per heavy atom. The van der Waals surface area contributed by atoms with Gasteiger partial charge in [-0.15, -0.1) is 0 Å². The maximum atomic E-state index is 12.8. The molecule has 2 aromatic carbocycles. The van der Waals surface area contributed by atoms with Gasteiger partial charge in [0.15, 0.2) is 0 Å². The zero-order valence-electron chi connectivity index (χ0n) is 15.5. The van der Waals surface area contributed by atoms with E-state index in [-0.39, 0.29) is 17.3 Å². The van der Waals surface area contributed by atoms with Crippen LogP contribution in [0.3, 0.4) is 0 Å². The second kappa shape index (κ2) is 8.96. The monoisotopic (exact) mass is 374 g/mol. The van der Waals surface area contributed by atoms with Gasteiger partial charge in [0, 0.05) is 25.2 Å². The van der Waals surface area contributed by atoms with Gasteiger partial charge in [0.25, 0.3) is 5.91 Å². The second-order valence-corrected chi connectivity index (χ2v) is 8.48. The molecule has 0 saturated carbocycles. The molecule has 5 nitrogen and oxygen atoms in total. The fourth-order valence-corrected chi connectivity index (χ4v) is 3.93. The number of carbonyl (C=O) groups excluding carboxylic acids is 1. The van der Waals surface area contributed by atoms with Gasteiger partial charge in [0.05, 0.1) is 4.90 Å². The fourth-order valence-electron chi connectivity index (χ4n) is 2.47. The van der Waals surface area contributed by atoms with Crippen molar-refractivity contribution in [1.82, 2.24) is 9.62 Å². The first-order valence-electron chi connectivity index (χ1n) is 8.77. The van der Waals surface area contributed by atoms with Gasteiger partial charge in [0.2, 0.25) is 10.0 Å². The lowest BCUT2D eigenvalue weighted by Crippen LogP contribution is -2.30. The van der Waals surface area contributed by atoms with Crippen LogP contribution in [0.5, 0.6) is 0 Å². The highest BCUT2D eigenvalue weighted by Gasteiger charge is 2.22. The lowest BCUT2D eigenvalue weighted by atomic mass is 10.1. The largest absolute Gasteiger partial charge is 0.352 e. The molecule has 2 rings (SSSR count). The van der Waals surface area contributed by atoms with E-state index in [0.717, 1.165) is 5.56 Å². The van der Waals surface area contributed by atoms with E-state index in [9.17, 15) is 13.2 Å². The number of rotatable bonds is 8. The predicted molar refractivity (Wildman–Crippen MR) is 103 cm³/mol. The first-order chi connectivity index (χ1) is 12.3. The van der Waals surface area contributed by atoms with Crippen LogP contribution in [0.25, 0.3) is 0 Å². The van der Waals surface area contributed by atoms with Crippen LogP contribution in [0, 0.1) is 5.92 Å². The van der Waals surface area contributed by atoms with Crippen molar-refractivity contribution in [3.05, 3.63) is 65.7 Å². The van der Waals surface area contributed by atoms with Gasteiger partial charge in [-0.05, 0) is 35.7 Å². The Balaban J connectivity index is 2.10. The van der Waals surface area contributed by atoms with Crippen LogP contribution in [-0.2, 0) is 16.6 Å². The summed E-state index contributed by atoms with van der Waals surface area (Å²) in [5.41, 5.74) is 1.41. The molecular weight excluding hydrogens is 348 g/mol. The number of hydrogen-bond acceptors (Lipinski definition) is 3. The average Bonchev–Trinajstić information content (AvgIpc) is 2.65. The molecule has 0 aromatic heterocycles. The molecule has 0 spiro atoms. The zero-order chi connectivity index (χ0) is 19.2. The maximum absolute atomic E-state index is 12.8. The van der Waals surface area contributed by atoms with E-state index in [0.29, 0.717) is 24.6 Å². The summed E-state index contributed by atoms with van der Waals surface area (Å²) in [7, 11) is -3.54. The van der Waals surface area contributed by atoms with E-state index in [1.54, 1.807) is 54.6 Å². The van der Waals surface area contributed by atoms with Crippen molar-refractivity contribution in [1.29, 1.82) is 0 Å². The van der Waals surface area contributed by atoms with Crippen LogP contribution in [0.1, 0.15) is 36.7 Å². The van der Waals surface area contributed by atoms with E-state index in [1.807, 2.05) is 20.8 Å². The summed E-state index contributed by atoms with van der Waals surface area (Å²) in [6, 6.07) is 15.5. The number of nitrogens with zero attached hydrogens (tertiary/aromatic N) is 1. The van der Waals surface area contributed by atoms with Crippen molar-refractivity contribution < 1.29 is 13.2 Å². The summed E-state index contributed by atoms with van der Waals surface area (Å²) in [5, 5.41) is 2.87. The molecule has 140 valence electrons. The van der Waals surface area contributed by atoms with Crippen molar-refractivity contribution in [3.63, 3.8) is 0 Å². The molecule has 0 bridgehead atoms. The summed E-state index contributed by atoms with van der Waals surface area (Å²) in [5.74, 6) is 0.272. The van der Waals surface area contributed by atoms with Crippen molar-refractivity contribution in [2.45, 2.75) is 32.2 Å². The molecule has 0 unspecified atom stereocenters. The smallest absolute Gasteiger partial charge is 0.251 e. The molecule has 0 aliphatic heterocycles. The highest BCUT2D eigenvalue weighted by molar-refractivity contribution is 7.89. The molecule has 1 amide bonds. The van der Waals surface area contributed by atoms with Gasteiger partial charge in [-0.3, -0.25) is 4.79 Å². The standard InChI is InChI=1S/C20H26N2O3S/c1-4-22(26(24,25)19-8-6-5-7-9-19)15-17-10-12-18(13-11-17)20(23)21-14-16(2)3/h5-13,16H,4,14-15H2,1-3H3,(H,21,23). The van der Waals surface area contributed by atoms with Crippen LogP contribution >= 0.6 is 0 Å². The lowest BCUT2D eigenvalue weighted by molar-refractivity contribution is 0.0949. The molecular formula is C20H26N2O3S. The minimum absolute atomic E-state index is 0.116. The zero-order valence-corrected chi connectivity index (χ0v) is 16.3. The number of nitrogens with one attached hydrogen (secondary N) is 1. The molecule has 6 heteroatoms. The number of hydrogen-bond donors (Lipinski definition) is 1. The third kappa shape index (κ3) is 5.16. The lowest BCUT2D eigenvalue weighted by Gasteiger charge is -2.20. The highest BCUT2D eigenvalue weighted by Crippen LogP contribution is 2.18. The SMILES string of the molecule is CCN(Cc1ccc(C(=O)NCC(C)C)cc1)S(=O)(=O)c1ccccc1. The van der Waals surface area contributed by atoms with Gasteiger partial charge in [-0.1, -0.05) is 51.1 Å². The second-order valence-electron chi connectivity index (χ2n) is 6.55. The summed E-state index contributed by atoms with van der Waals surface area (Å²) in [6.45, 7) is 7.15. The molecule has 0 heterocycles. The molecule has 26 heavy (non-hydrogen) atoms. The minimum Gasteiger partial charge on any atom is -0.352 e. The van der Waals surface area contributed by atoms with Crippen molar-refractivity contribution in [2.24, 2.45) is 5.92 Å². The van der Waals surface area contributed by atoms with E-state index in [2.05, 4.69) is 5.32 Å². The first kappa shape index (κ1) is 20.1. The van der Waals surface area contributed by atoms with Gasteiger partial charge in [-0.2, -0.15) is 4.31 Å². The Labute approximate surface area is 156 Å². The number of sulfonamides is 1. The Bertz CT molecular complexity index is 816. The van der Waals surface area contributed by atoms with Gasteiger partial charge >= 0.3 is 0 Å². The Morgan fingerprint density at radius 3 is 2.19 bits per heavy atom. The van der Waals surface area contributed by atoms with Crippen LogP contribution in [0.4, 0.5) is 0 Å². The van der Waals surface area contributed by atoms with E-state index < -0.39 is 10.0 Å². The van der Waals surface area contributed by atoms with Gasteiger partial charge in [-0.25, -0.2) is 8.42 Å². The van der Waals surface area contributed by atoms with Gasteiger partial charge < -0.3 is 5.32 Å². The highest BCUT2D eigenvalue weighted by atomic mass is 32.2. The normalized spacial score (nSPS) is 11.7. The molecule has 0 atom stereocenters. The van der Waals surface area contributed by atoms with Crippen molar-refractivity contribution >= 4 is 15.9 Å². The van der Waals surface area contributed by atoms with Crippen molar-refractivity contribution in [2.75, 3.05) is 13.1 Å². The number of amides is 1. The average molecular weight is 375 g/mol. The van der Waals surface area contributed by atoms with E-state index >= 15 is 0 Å². The Morgan fingerprint density at radius 1 is 1.04 bits per heavy atom. The molecule has 0 saturated heterocycles. The first-order valence-corrected chi connectivity index (χ1v) is 10.2. The minimum atomic E-state index is -3.54. The van der Waals surface area contributed by atoms with E-state index in [4.69, 9.17) is 0 Å². The predicted octanol–water partition coefficient (Wildman–Crippen LogP) is 3.28. The third-order valence-electron chi connectivity index (χ3n) is 3.98. The topological polar surface area (TPSA) is 66.5 Å². The third-order valence-corrected chi connectivity index (χ3v) is 5.91. The fraction of sp³-hybridized carbons (Fsp3) is 0.350. The molecule has 2 aromatic rings. The summed E-state index contributed by atoms with van der Waals surface area (Å²) in [6.07, 6.45) is 0. The molecule has 0 aliphatic rings. The molecule has 0 fully saturated rings. The number of benzene rings is 2. The van der Waals surface area contributed by atoms with Gasteiger partial charge in [0.1, 0.15) is 0 Å². The molecule has 0 radical (unpaired) electrons. The van der Waals surface area contributed by atoms with E-state index in [1.165, 1.54) is 4.31 Å². The van der Waals surface area contributed by atoms with Crippen LogP contribution in [0.15, 0.2) is 59.5 Å². The van der Waals surface area contributed by atoms with Crippen LogP contribution in [0.2, 0.25) is 0 Å². The molecule has 1 N–H and O–H groups in total. The Hall–Kier alpha value is -2.18. The summed E-state index contributed by atoms with van der Waals surface area (Å²) < 4.78 is 26.9.